The van der Waals surface area contributed by atoms with Gasteiger partial charge in [-0.15, -0.1) is 11.8 Å². The number of hydrogen-bond acceptors (Lipinski definition) is 5. The smallest absolute Gasteiger partial charge is 0.327 e. The zero-order valence-electron chi connectivity index (χ0n) is 10.9. The lowest BCUT2D eigenvalue weighted by atomic mass is 10.1. The molecule has 7 nitrogen and oxygen atoms in total. The molecule has 21 heavy (non-hydrogen) atoms. The number of carbonyl (C=O) groups is 2. The van der Waals surface area contributed by atoms with E-state index >= 15 is 0 Å². The van der Waals surface area contributed by atoms with Gasteiger partial charge in [0.15, 0.2) is 0 Å². The normalized spacial score (nSPS) is 21.3. The molecular formula is C12H11ClN2O5S. The maximum atomic E-state index is 12.5. The number of aliphatic carboxylic acids is 1. The molecule has 0 spiro atoms. The van der Waals surface area contributed by atoms with Crippen molar-refractivity contribution in [2.24, 2.45) is 0 Å². The molecule has 1 saturated heterocycles. The van der Waals surface area contributed by atoms with Crippen LogP contribution in [0.2, 0.25) is 5.02 Å². The summed E-state index contributed by atoms with van der Waals surface area (Å²) < 4.78 is 0. The van der Waals surface area contributed by atoms with Crippen LogP contribution in [0.15, 0.2) is 18.2 Å². The van der Waals surface area contributed by atoms with Crippen LogP contribution in [0.4, 0.5) is 5.69 Å². The number of rotatable bonds is 3. The highest BCUT2D eigenvalue weighted by Gasteiger charge is 2.41. The summed E-state index contributed by atoms with van der Waals surface area (Å²) in [6.07, 6.45) is 0. The van der Waals surface area contributed by atoms with E-state index in [0.29, 0.717) is 0 Å². The minimum absolute atomic E-state index is 0.136. The Bertz CT molecular complexity index is 624. The number of benzene rings is 1. The van der Waals surface area contributed by atoms with Gasteiger partial charge in [0.25, 0.3) is 11.6 Å². The van der Waals surface area contributed by atoms with Gasteiger partial charge in [0, 0.05) is 16.8 Å². The van der Waals surface area contributed by atoms with Gasteiger partial charge >= 0.3 is 5.97 Å². The van der Waals surface area contributed by atoms with E-state index in [9.17, 15) is 19.7 Å². The van der Waals surface area contributed by atoms with Crippen LogP contribution in [-0.2, 0) is 4.79 Å². The van der Waals surface area contributed by atoms with E-state index in [0.717, 1.165) is 11.0 Å². The van der Waals surface area contributed by atoms with E-state index in [1.807, 2.05) is 0 Å². The van der Waals surface area contributed by atoms with Crippen LogP contribution in [0, 0.1) is 10.1 Å². The molecule has 1 N–H and O–H groups in total. The van der Waals surface area contributed by atoms with Gasteiger partial charge in [-0.05, 0) is 19.1 Å². The molecule has 0 saturated carbocycles. The molecule has 112 valence electrons. The third kappa shape index (κ3) is 2.96. The monoisotopic (exact) mass is 330 g/mol. The van der Waals surface area contributed by atoms with Crippen molar-refractivity contribution in [1.82, 2.24) is 4.90 Å². The number of nitro benzene ring substituents is 1. The maximum Gasteiger partial charge on any atom is 0.327 e. The highest BCUT2D eigenvalue weighted by molar-refractivity contribution is 8.00. The Hall–Kier alpha value is -1.80. The number of amides is 1. The van der Waals surface area contributed by atoms with Crippen molar-refractivity contribution < 1.29 is 19.6 Å². The summed E-state index contributed by atoms with van der Waals surface area (Å²) in [5, 5.41) is 20.0. The summed E-state index contributed by atoms with van der Waals surface area (Å²) in [5.74, 6) is -1.55. The first-order valence-electron chi connectivity index (χ1n) is 5.94. The van der Waals surface area contributed by atoms with Gasteiger partial charge in [-0.25, -0.2) is 4.79 Å². The van der Waals surface area contributed by atoms with E-state index in [2.05, 4.69) is 0 Å². The molecule has 0 aromatic heterocycles. The number of carbonyl (C=O) groups excluding carboxylic acids is 1. The third-order valence-electron chi connectivity index (χ3n) is 3.13. The van der Waals surface area contributed by atoms with Gasteiger partial charge in [0.2, 0.25) is 0 Å². The first kappa shape index (κ1) is 15.6. The van der Waals surface area contributed by atoms with Crippen LogP contribution in [0.25, 0.3) is 0 Å². The van der Waals surface area contributed by atoms with Crippen molar-refractivity contribution in [3.8, 4) is 0 Å². The zero-order chi connectivity index (χ0) is 15.7. The molecule has 1 heterocycles. The topological polar surface area (TPSA) is 101 Å². The maximum absolute atomic E-state index is 12.5. The molecule has 1 amide bonds. The van der Waals surface area contributed by atoms with Crippen molar-refractivity contribution in [2.45, 2.75) is 18.3 Å². The van der Waals surface area contributed by atoms with Gasteiger partial charge in [0.1, 0.15) is 11.6 Å². The summed E-state index contributed by atoms with van der Waals surface area (Å²) in [6, 6.07) is 2.70. The van der Waals surface area contributed by atoms with Crippen molar-refractivity contribution in [1.29, 1.82) is 0 Å². The number of hydrogen-bond donors (Lipinski definition) is 1. The summed E-state index contributed by atoms with van der Waals surface area (Å²) >= 11 is 7.02. The number of nitro groups is 1. The van der Waals surface area contributed by atoms with Crippen molar-refractivity contribution in [3.63, 3.8) is 0 Å². The Labute approximate surface area is 129 Å². The molecule has 1 fully saturated rings. The molecule has 2 unspecified atom stereocenters. The van der Waals surface area contributed by atoms with Crippen LogP contribution in [0.3, 0.4) is 0 Å². The first-order chi connectivity index (χ1) is 9.82. The Morgan fingerprint density at radius 1 is 1.52 bits per heavy atom. The summed E-state index contributed by atoms with van der Waals surface area (Å²) in [4.78, 5) is 35.2. The fourth-order valence-corrected chi connectivity index (χ4v) is 3.45. The number of halogens is 1. The number of nitrogens with zero attached hydrogens (tertiary/aromatic N) is 2. The Kier molecular flexibility index (Phi) is 4.38. The van der Waals surface area contributed by atoms with Crippen molar-refractivity contribution >= 4 is 40.9 Å². The van der Waals surface area contributed by atoms with E-state index < -0.39 is 28.5 Å². The molecule has 1 aromatic rings. The first-order valence-corrected chi connectivity index (χ1v) is 7.36. The average molecular weight is 331 g/mol. The lowest BCUT2D eigenvalue weighted by Gasteiger charge is -2.24. The van der Waals surface area contributed by atoms with E-state index in [1.165, 1.54) is 23.9 Å². The fourth-order valence-electron chi connectivity index (χ4n) is 2.12. The molecule has 1 aliphatic heterocycles. The fraction of sp³-hybridized carbons (Fsp3) is 0.333. The highest BCUT2D eigenvalue weighted by Crippen LogP contribution is 2.33. The zero-order valence-corrected chi connectivity index (χ0v) is 12.4. The molecule has 9 heteroatoms. The summed E-state index contributed by atoms with van der Waals surface area (Å²) in [6.45, 7) is 1.69. The number of carboxylic acid groups (broad SMARTS) is 1. The van der Waals surface area contributed by atoms with Gasteiger partial charge < -0.3 is 10.0 Å². The van der Waals surface area contributed by atoms with Gasteiger partial charge in [-0.3, -0.25) is 14.9 Å². The standard InChI is InChI=1S/C12H11ClN2O5S/c1-6-14(10(5-21-6)12(17)18)11(16)8-3-2-7(13)4-9(8)15(19)20/h2-4,6,10H,5H2,1H3,(H,17,18). The Balaban J connectivity index is 2.44. The second kappa shape index (κ2) is 5.90. The van der Waals surface area contributed by atoms with Gasteiger partial charge in [-0.1, -0.05) is 11.6 Å². The predicted molar refractivity (Wildman–Crippen MR) is 77.6 cm³/mol. The van der Waals surface area contributed by atoms with E-state index in [-0.39, 0.29) is 21.7 Å². The molecule has 2 rings (SSSR count). The molecule has 1 aliphatic rings. The molecule has 0 bridgehead atoms. The van der Waals surface area contributed by atoms with E-state index in [1.54, 1.807) is 6.92 Å². The molecule has 0 radical (unpaired) electrons. The Morgan fingerprint density at radius 2 is 2.19 bits per heavy atom. The van der Waals surface area contributed by atoms with Crippen LogP contribution >= 0.6 is 23.4 Å². The third-order valence-corrected chi connectivity index (χ3v) is 4.58. The number of carboxylic acids is 1. The largest absolute Gasteiger partial charge is 0.480 e. The van der Waals surface area contributed by atoms with E-state index in [4.69, 9.17) is 16.7 Å². The van der Waals surface area contributed by atoms with Gasteiger partial charge in [-0.2, -0.15) is 0 Å². The molecule has 1 aromatic carbocycles. The van der Waals surface area contributed by atoms with Crippen molar-refractivity contribution in [3.05, 3.63) is 38.9 Å². The predicted octanol–water partition coefficient (Wildman–Crippen LogP) is 2.24. The Morgan fingerprint density at radius 3 is 2.76 bits per heavy atom. The number of thioether (sulfide) groups is 1. The second-order valence-corrected chi connectivity index (χ2v) is 6.20. The summed E-state index contributed by atoms with van der Waals surface area (Å²) in [5.41, 5.74) is -0.592. The summed E-state index contributed by atoms with van der Waals surface area (Å²) in [7, 11) is 0. The lowest BCUT2D eigenvalue weighted by Crippen LogP contribution is -2.44. The average Bonchev–Trinajstić information content (AvgIpc) is 2.79. The SMILES string of the molecule is CC1SCC(C(=O)O)N1C(=O)c1ccc(Cl)cc1[N+](=O)[O-]. The molecule has 2 atom stereocenters. The van der Waals surface area contributed by atoms with Crippen LogP contribution < -0.4 is 0 Å². The van der Waals surface area contributed by atoms with Gasteiger partial charge in [0.05, 0.1) is 10.3 Å². The lowest BCUT2D eigenvalue weighted by molar-refractivity contribution is -0.385. The molecule has 0 aliphatic carbocycles. The highest BCUT2D eigenvalue weighted by atomic mass is 35.5. The van der Waals surface area contributed by atoms with Crippen LogP contribution in [0.1, 0.15) is 17.3 Å². The van der Waals surface area contributed by atoms with Crippen LogP contribution in [0.5, 0.6) is 0 Å². The molecular weight excluding hydrogens is 320 g/mol. The van der Waals surface area contributed by atoms with Crippen LogP contribution in [-0.4, -0.2) is 44.0 Å². The quantitative estimate of drug-likeness (QED) is 0.673. The second-order valence-electron chi connectivity index (χ2n) is 4.42. The minimum Gasteiger partial charge on any atom is -0.480 e. The minimum atomic E-state index is -1.13. The van der Waals surface area contributed by atoms with Crippen molar-refractivity contribution in [2.75, 3.05) is 5.75 Å².